The molecule has 0 spiro atoms. The second kappa shape index (κ2) is 5.23. The molecule has 1 aliphatic rings. The summed E-state index contributed by atoms with van der Waals surface area (Å²) >= 11 is 3.54. The van der Waals surface area contributed by atoms with Gasteiger partial charge in [0.1, 0.15) is 0 Å². The second-order valence-corrected chi connectivity index (χ2v) is 4.86. The van der Waals surface area contributed by atoms with E-state index >= 15 is 0 Å². The number of hydrogen-bond donors (Lipinski definition) is 1. The Labute approximate surface area is 84.4 Å². The third kappa shape index (κ3) is 3.06. The first-order valence-corrected chi connectivity index (χ1v) is 6.15. The van der Waals surface area contributed by atoms with Crippen LogP contribution in [0.4, 0.5) is 0 Å². The van der Waals surface area contributed by atoms with Gasteiger partial charge in [-0.2, -0.15) is 0 Å². The van der Waals surface area contributed by atoms with Crippen LogP contribution in [0.15, 0.2) is 0 Å². The van der Waals surface area contributed by atoms with Crippen LogP contribution in [-0.4, -0.2) is 17.9 Å². The zero-order chi connectivity index (χ0) is 8.97. The molecule has 1 unspecified atom stereocenters. The Hall–Kier alpha value is 0.440. The maximum Gasteiger partial charge on any atom is 0.0188 e. The normalized spacial score (nSPS) is 21.0. The lowest BCUT2D eigenvalue weighted by Crippen LogP contribution is -2.39. The fourth-order valence-corrected chi connectivity index (χ4v) is 2.46. The molecule has 1 fully saturated rings. The van der Waals surface area contributed by atoms with E-state index in [9.17, 15) is 0 Å². The van der Waals surface area contributed by atoms with Gasteiger partial charge in [0.05, 0.1) is 0 Å². The van der Waals surface area contributed by atoms with Gasteiger partial charge in [-0.05, 0) is 31.2 Å². The van der Waals surface area contributed by atoms with E-state index in [0.717, 1.165) is 17.2 Å². The number of halogens is 1. The molecule has 0 aromatic heterocycles. The number of hydrogen-bond acceptors (Lipinski definition) is 1. The van der Waals surface area contributed by atoms with E-state index in [1.54, 1.807) is 0 Å². The molecular formula is C10H20BrN. The van der Waals surface area contributed by atoms with Gasteiger partial charge in [-0.15, -0.1) is 0 Å². The Morgan fingerprint density at radius 3 is 2.42 bits per heavy atom. The molecule has 0 amide bonds. The van der Waals surface area contributed by atoms with Crippen LogP contribution >= 0.6 is 15.9 Å². The molecule has 1 N–H and O–H groups in total. The van der Waals surface area contributed by atoms with Crippen LogP contribution in [0.5, 0.6) is 0 Å². The van der Waals surface area contributed by atoms with E-state index in [0.29, 0.717) is 6.04 Å². The zero-order valence-electron chi connectivity index (χ0n) is 8.15. The third-order valence-corrected chi connectivity index (χ3v) is 3.56. The zero-order valence-corrected chi connectivity index (χ0v) is 9.73. The van der Waals surface area contributed by atoms with Crippen molar-refractivity contribution in [3.05, 3.63) is 0 Å². The van der Waals surface area contributed by atoms with Gasteiger partial charge in [0.2, 0.25) is 0 Å². The number of rotatable bonds is 5. The van der Waals surface area contributed by atoms with Gasteiger partial charge in [0.15, 0.2) is 0 Å². The number of alkyl halides is 1. The van der Waals surface area contributed by atoms with E-state index in [4.69, 9.17) is 0 Å². The fraction of sp³-hybridized carbons (Fsp3) is 1.00. The van der Waals surface area contributed by atoms with E-state index in [2.05, 4.69) is 35.1 Å². The minimum atomic E-state index is 0.658. The molecule has 1 nitrogen and oxygen atoms in total. The van der Waals surface area contributed by atoms with Gasteiger partial charge < -0.3 is 5.32 Å². The summed E-state index contributed by atoms with van der Waals surface area (Å²) in [6.07, 6.45) is 4.34. The first kappa shape index (κ1) is 10.5. The van der Waals surface area contributed by atoms with E-state index in [-0.39, 0.29) is 0 Å². The molecule has 0 bridgehead atoms. The predicted molar refractivity (Wildman–Crippen MR) is 57.8 cm³/mol. The smallest absolute Gasteiger partial charge is 0.0188 e. The van der Waals surface area contributed by atoms with E-state index in [1.807, 2.05) is 0 Å². The summed E-state index contributed by atoms with van der Waals surface area (Å²) in [4.78, 5) is 0. The summed E-state index contributed by atoms with van der Waals surface area (Å²) in [5, 5.41) is 4.70. The van der Waals surface area contributed by atoms with Crippen LogP contribution in [0.25, 0.3) is 0 Å². The summed E-state index contributed by atoms with van der Waals surface area (Å²) in [5.41, 5.74) is 0. The van der Waals surface area contributed by atoms with Gasteiger partial charge in [-0.3, -0.25) is 0 Å². The minimum absolute atomic E-state index is 0.658. The average molecular weight is 234 g/mol. The lowest BCUT2D eigenvalue weighted by atomic mass is 9.85. The Balaban J connectivity index is 2.09. The summed E-state index contributed by atoms with van der Waals surface area (Å²) in [6.45, 7) is 5.79. The first-order valence-electron chi connectivity index (χ1n) is 5.03. The molecule has 0 heterocycles. The standard InChI is InChI=1S/C10H20BrN/c1-8(2)10(6-11)12-7-9-4-3-5-9/h8-10,12H,3-7H2,1-2H3. The van der Waals surface area contributed by atoms with E-state index < -0.39 is 0 Å². The second-order valence-electron chi connectivity index (χ2n) is 4.21. The summed E-state index contributed by atoms with van der Waals surface area (Å²) in [5.74, 6) is 1.72. The lowest BCUT2D eigenvalue weighted by molar-refractivity contribution is 0.280. The highest BCUT2D eigenvalue weighted by Crippen LogP contribution is 2.25. The molecular weight excluding hydrogens is 214 g/mol. The van der Waals surface area contributed by atoms with Crippen LogP contribution < -0.4 is 5.32 Å². The lowest BCUT2D eigenvalue weighted by Gasteiger charge is -2.29. The largest absolute Gasteiger partial charge is 0.313 e. The Morgan fingerprint density at radius 1 is 1.42 bits per heavy atom. The molecule has 0 aromatic carbocycles. The highest BCUT2D eigenvalue weighted by molar-refractivity contribution is 9.09. The molecule has 1 atom stereocenters. The van der Waals surface area contributed by atoms with Crippen molar-refractivity contribution in [2.45, 2.75) is 39.2 Å². The predicted octanol–water partition coefficient (Wildman–Crippen LogP) is 2.80. The maximum atomic E-state index is 3.62. The summed E-state index contributed by atoms with van der Waals surface area (Å²) in [7, 11) is 0. The summed E-state index contributed by atoms with van der Waals surface area (Å²) in [6, 6.07) is 0.658. The number of nitrogens with one attached hydrogen (secondary N) is 1. The van der Waals surface area contributed by atoms with Crippen molar-refractivity contribution < 1.29 is 0 Å². The Morgan fingerprint density at radius 2 is 2.08 bits per heavy atom. The molecule has 0 aliphatic heterocycles. The molecule has 1 rings (SSSR count). The fourth-order valence-electron chi connectivity index (χ4n) is 1.48. The molecule has 0 aromatic rings. The molecule has 72 valence electrons. The van der Waals surface area contributed by atoms with Gasteiger partial charge in [0, 0.05) is 11.4 Å². The molecule has 2 heteroatoms. The first-order chi connectivity index (χ1) is 5.74. The third-order valence-electron chi connectivity index (χ3n) is 2.86. The van der Waals surface area contributed by atoms with Gasteiger partial charge in [0.25, 0.3) is 0 Å². The van der Waals surface area contributed by atoms with Crippen molar-refractivity contribution in [1.82, 2.24) is 5.32 Å². The quantitative estimate of drug-likeness (QED) is 0.721. The molecule has 1 saturated carbocycles. The van der Waals surface area contributed by atoms with Crippen molar-refractivity contribution in [3.8, 4) is 0 Å². The van der Waals surface area contributed by atoms with Crippen LogP contribution in [0.3, 0.4) is 0 Å². The molecule has 1 aliphatic carbocycles. The van der Waals surface area contributed by atoms with Gasteiger partial charge in [-0.1, -0.05) is 36.2 Å². The van der Waals surface area contributed by atoms with Crippen molar-refractivity contribution in [2.24, 2.45) is 11.8 Å². The van der Waals surface area contributed by atoms with Crippen LogP contribution in [0, 0.1) is 11.8 Å². The highest BCUT2D eigenvalue weighted by Gasteiger charge is 2.19. The SMILES string of the molecule is CC(C)C(CBr)NCC1CCC1. The van der Waals surface area contributed by atoms with Crippen LogP contribution in [0.2, 0.25) is 0 Å². The highest BCUT2D eigenvalue weighted by atomic mass is 79.9. The molecule has 0 radical (unpaired) electrons. The average Bonchev–Trinajstić information content (AvgIpc) is 1.93. The monoisotopic (exact) mass is 233 g/mol. The summed E-state index contributed by atoms with van der Waals surface area (Å²) < 4.78 is 0. The molecule has 0 saturated heterocycles. The van der Waals surface area contributed by atoms with Crippen molar-refractivity contribution in [1.29, 1.82) is 0 Å². The van der Waals surface area contributed by atoms with Crippen molar-refractivity contribution in [3.63, 3.8) is 0 Å². The maximum absolute atomic E-state index is 3.62. The minimum Gasteiger partial charge on any atom is -0.313 e. The topological polar surface area (TPSA) is 12.0 Å². The molecule has 12 heavy (non-hydrogen) atoms. The van der Waals surface area contributed by atoms with Crippen LogP contribution in [-0.2, 0) is 0 Å². The van der Waals surface area contributed by atoms with Crippen molar-refractivity contribution >= 4 is 15.9 Å². The van der Waals surface area contributed by atoms with Crippen LogP contribution in [0.1, 0.15) is 33.1 Å². The van der Waals surface area contributed by atoms with Crippen molar-refractivity contribution in [2.75, 3.05) is 11.9 Å². The Kier molecular flexibility index (Phi) is 4.59. The van der Waals surface area contributed by atoms with Gasteiger partial charge in [-0.25, -0.2) is 0 Å². The van der Waals surface area contributed by atoms with Gasteiger partial charge >= 0.3 is 0 Å². The Bertz CT molecular complexity index is 121. The van der Waals surface area contributed by atoms with E-state index in [1.165, 1.54) is 25.8 Å².